The van der Waals surface area contributed by atoms with Crippen molar-refractivity contribution >= 4 is 23.9 Å². The normalized spacial score (nSPS) is 19.3. The summed E-state index contributed by atoms with van der Waals surface area (Å²) in [5.74, 6) is -3.48. The van der Waals surface area contributed by atoms with Crippen LogP contribution in [-0.2, 0) is 42.9 Å². The Labute approximate surface area is 462 Å². The molecule has 1 aliphatic heterocycles. The van der Waals surface area contributed by atoms with Gasteiger partial charge in [0.05, 0.1) is 13.0 Å². The van der Waals surface area contributed by atoms with Crippen molar-refractivity contribution in [2.24, 2.45) is 0 Å². The average Bonchev–Trinajstić information content (AvgIpc) is 3.42. The first-order valence-electron chi connectivity index (χ1n) is 28.1. The number of aliphatic hydroxyl groups is 2. The van der Waals surface area contributed by atoms with E-state index in [1.165, 1.54) is 0 Å². The SMILES string of the molecule is CC/C=C\C/C=C\C/C=C\C/C=C\C/C=C\CCCCCC(=O)OCC(COC1OC(C(=O)O)C(O)C(O)C1OC(=O)CC/C=C\C/C=C\C/C=C\C/C=C\CC)OC(=O)C/C=C\C/C=C\C/C=C\C/C=C\C/C=C\CC. The first-order chi connectivity index (χ1) is 37.6. The van der Waals surface area contributed by atoms with Gasteiger partial charge in [0.25, 0.3) is 0 Å². The fraction of sp³-hybridized carbons (Fsp3) is 0.508. The summed E-state index contributed by atoms with van der Waals surface area (Å²) in [7, 11) is 0. The Morgan fingerprint density at radius 3 is 1.27 bits per heavy atom. The second-order valence-corrected chi connectivity index (χ2v) is 18.1. The van der Waals surface area contributed by atoms with Gasteiger partial charge in [-0.15, -0.1) is 0 Å². The highest BCUT2D eigenvalue weighted by Crippen LogP contribution is 2.26. The molecule has 6 unspecified atom stereocenters. The number of carboxylic acids is 1. The molecule has 3 N–H and O–H groups in total. The number of carboxylic acid groups (broad SMARTS) is 1. The monoisotopic (exact) mass is 1070 g/mol. The molecule has 0 amide bonds. The maximum atomic E-state index is 13.1. The zero-order valence-corrected chi connectivity index (χ0v) is 46.6. The number of hydrogen-bond donors (Lipinski definition) is 3. The third-order valence-corrected chi connectivity index (χ3v) is 11.3. The molecule has 1 rings (SSSR count). The van der Waals surface area contributed by atoms with Gasteiger partial charge in [0.15, 0.2) is 24.6 Å². The lowest BCUT2D eigenvalue weighted by Crippen LogP contribution is -2.61. The number of rotatable bonds is 44. The Morgan fingerprint density at radius 2 is 0.844 bits per heavy atom. The van der Waals surface area contributed by atoms with E-state index in [1.54, 1.807) is 6.08 Å². The van der Waals surface area contributed by atoms with Crippen LogP contribution in [0.15, 0.2) is 170 Å². The van der Waals surface area contributed by atoms with Gasteiger partial charge in [-0.25, -0.2) is 4.79 Å². The molecule has 1 saturated heterocycles. The van der Waals surface area contributed by atoms with Crippen LogP contribution in [0, 0.1) is 0 Å². The van der Waals surface area contributed by atoms with Crippen molar-refractivity contribution in [1.82, 2.24) is 0 Å². The molecule has 426 valence electrons. The number of allylic oxidation sites excluding steroid dienone is 27. The number of carbonyl (C=O) groups is 4. The minimum absolute atomic E-state index is 0.0853. The number of esters is 3. The quantitative estimate of drug-likeness (QED) is 0.0228. The highest BCUT2D eigenvalue weighted by atomic mass is 16.7. The molecule has 0 radical (unpaired) electrons. The summed E-state index contributed by atoms with van der Waals surface area (Å²) in [5.41, 5.74) is 0. The van der Waals surface area contributed by atoms with Crippen LogP contribution in [0.5, 0.6) is 0 Å². The van der Waals surface area contributed by atoms with Crippen LogP contribution < -0.4 is 0 Å². The van der Waals surface area contributed by atoms with Crippen molar-refractivity contribution in [1.29, 1.82) is 0 Å². The molecule has 12 heteroatoms. The average molecular weight is 1070 g/mol. The van der Waals surface area contributed by atoms with Gasteiger partial charge < -0.3 is 39.0 Å². The van der Waals surface area contributed by atoms with Gasteiger partial charge in [0.1, 0.15) is 18.8 Å². The number of aliphatic hydroxyl groups excluding tert-OH is 2. The minimum Gasteiger partial charge on any atom is -0.479 e. The smallest absolute Gasteiger partial charge is 0.335 e. The Morgan fingerprint density at radius 1 is 0.442 bits per heavy atom. The molecule has 0 aromatic rings. The molecule has 6 atom stereocenters. The van der Waals surface area contributed by atoms with Crippen molar-refractivity contribution in [3.05, 3.63) is 170 Å². The summed E-state index contributed by atoms with van der Waals surface area (Å²) in [5, 5.41) is 31.4. The number of carbonyl (C=O) groups excluding carboxylic acids is 3. The molecule has 0 aromatic carbocycles. The van der Waals surface area contributed by atoms with Crippen molar-refractivity contribution in [3.8, 4) is 0 Å². The molecule has 0 aromatic heterocycles. The van der Waals surface area contributed by atoms with E-state index < -0.39 is 73.9 Å². The summed E-state index contributed by atoms with van der Waals surface area (Å²) in [6.07, 6.45) is 63.8. The minimum atomic E-state index is -1.95. The van der Waals surface area contributed by atoms with Crippen molar-refractivity contribution in [3.63, 3.8) is 0 Å². The van der Waals surface area contributed by atoms with Gasteiger partial charge in [-0.2, -0.15) is 0 Å². The summed E-state index contributed by atoms with van der Waals surface area (Å²) >= 11 is 0. The van der Waals surface area contributed by atoms with Crippen LogP contribution in [0.2, 0.25) is 0 Å². The molecule has 1 fully saturated rings. The molecule has 1 aliphatic rings. The zero-order chi connectivity index (χ0) is 56.1. The number of unbranched alkanes of at least 4 members (excludes halogenated alkanes) is 3. The van der Waals surface area contributed by atoms with E-state index >= 15 is 0 Å². The first kappa shape index (κ1) is 69.1. The largest absolute Gasteiger partial charge is 0.479 e. The van der Waals surface area contributed by atoms with Gasteiger partial charge in [0, 0.05) is 12.8 Å². The number of ether oxygens (including phenoxy) is 5. The van der Waals surface area contributed by atoms with Gasteiger partial charge in [-0.1, -0.05) is 197 Å². The van der Waals surface area contributed by atoms with Gasteiger partial charge in [-0.3, -0.25) is 14.4 Å². The van der Waals surface area contributed by atoms with Gasteiger partial charge in [0.2, 0.25) is 0 Å². The van der Waals surface area contributed by atoms with E-state index in [1.807, 2.05) is 36.5 Å². The molecular formula is C65H94O12. The third-order valence-electron chi connectivity index (χ3n) is 11.3. The van der Waals surface area contributed by atoms with Crippen LogP contribution in [0.4, 0.5) is 0 Å². The molecule has 77 heavy (non-hydrogen) atoms. The maximum absolute atomic E-state index is 13.1. The molecule has 0 bridgehead atoms. The van der Waals surface area contributed by atoms with Crippen LogP contribution in [0.3, 0.4) is 0 Å². The van der Waals surface area contributed by atoms with E-state index in [9.17, 15) is 34.5 Å². The highest BCUT2D eigenvalue weighted by molar-refractivity contribution is 5.74. The van der Waals surface area contributed by atoms with Gasteiger partial charge >= 0.3 is 23.9 Å². The molecule has 0 spiro atoms. The Bertz CT molecular complexity index is 1990. The Kier molecular flexibility index (Phi) is 45.6. The lowest BCUT2D eigenvalue weighted by Gasteiger charge is -2.40. The van der Waals surface area contributed by atoms with Crippen LogP contribution in [0.1, 0.15) is 162 Å². The molecule has 0 aliphatic carbocycles. The third kappa shape index (κ3) is 40.9. The maximum Gasteiger partial charge on any atom is 0.335 e. The summed E-state index contributed by atoms with van der Waals surface area (Å²) in [6, 6.07) is 0. The number of hydrogen-bond acceptors (Lipinski definition) is 11. The van der Waals surface area contributed by atoms with Crippen molar-refractivity contribution in [2.45, 2.75) is 199 Å². The first-order valence-corrected chi connectivity index (χ1v) is 28.1. The topological polar surface area (TPSA) is 175 Å². The molecule has 0 saturated carbocycles. The van der Waals surface area contributed by atoms with Crippen molar-refractivity contribution in [2.75, 3.05) is 13.2 Å². The van der Waals surface area contributed by atoms with E-state index in [2.05, 4.69) is 148 Å². The predicted octanol–water partition coefficient (Wildman–Crippen LogP) is 14.3. The van der Waals surface area contributed by atoms with E-state index in [0.29, 0.717) is 25.7 Å². The molecule has 1 heterocycles. The number of aliphatic carboxylic acids is 1. The Balaban J connectivity index is 2.83. The van der Waals surface area contributed by atoms with Gasteiger partial charge in [-0.05, 0) is 116 Å². The standard InChI is InChI=1S/C65H94O12/c1-4-7-10-13-16-19-22-25-27-28-29-30-32-34-36-39-42-45-48-51-57(66)73-54-56(75-58(67)52-49-46-43-40-38-35-31-26-23-20-17-14-11-8-5-2)55-74-65-63(61(70)60(69)62(77-65)64(71)72)76-59(68)53-50-47-44-41-37-33-24-21-18-15-12-9-6-3/h7-12,16-21,25-27,29-31,33-34,36-38,40,44,46-47,49,56,60-63,65,69-70H,4-6,13-15,22-24,28,32,35,39,41-43,45,48,50-55H2,1-3H3,(H,71,72)/b10-7-,11-8-,12-9-,19-16-,20-17-,21-18-,27-25-,30-29-,31-26-,36-34-,37-33-,40-38-,47-44-,49-46-. The van der Waals surface area contributed by atoms with E-state index in [-0.39, 0.29) is 19.3 Å². The second kappa shape index (κ2) is 50.9. The van der Waals surface area contributed by atoms with Crippen LogP contribution >= 0.6 is 0 Å². The van der Waals surface area contributed by atoms with Crippen LogP contribution in [-0.4, -0.2) is 89.2 Å². The zero-order valence-electron chi connectivity index (χ0n) is 46.6. The highest BCUT2D eigenvalue weighted by Gasteiger charge is 2.50. The summed E-state index contributed by atoms with van der Waals surface area (Å²) in [6.45, 7) is 5.46. The lowest BCUT2D eigenvalue weighted by molar-refractivity contribution is -0.301. The second-order valence-electron chi connectivity index (χ2n) is 18.1. The molecular weight excluding hydrogens is 973 g/mol. The Hall–Kier alpha value is -5.92. The molecule has 12 nitrogen and oxygen atoms in total. The fourth-order valence-electron chi connectivity index (χ4n) is 7.13. The fourth-order valence-corrected chi connectivity index (χ4v) is 7.13. The predicted molar refractivity (Wildman–Crippen MR) is 312 cm³/mol. The van der Waals surface area contributed by atoms with E-state index in [0.717, 1.165) is 96.3 Å². The lowest BCUT2D eigenvalue weighted by atomic mass is 9.98. The summed E-state index contributed by atoms with van der Waals surface area (Å²) < 4.78 is 28.1. The van der Waals surface area contributed by atoms with E-state index in [4.69, 9.17) is 23.7 Å². The van der Waals surface area contributed by atoms with Crippen molar-refractivity contribution < 1.29 is 58.2 Å². The van der Waals surface area contributed by atoms with Crippen LogP contribution in [0.25, 0.3) is 0 Å². The summed E-state index contributed by atoms with van der Waals surface area (Å²) in [4.78, 5) is 50.9.